The number of nitrogens with one attached hydrogen (secondary N) is 1. The van der Waals surface area contributed by atoms with Crippen LogP contribution in [-0.4, -0.2) is 53.9 Å². The zero-order valence-corrected chi connectivity index (χ0v) is 18.4. The van der Waals surface area contributed by atoms with E-state index >= 15 is 0 Å². The number of piperidine rings is 1. The van der Waals surface area contributed by atoms with Crippen LogP contribution in [0.5, 0.6) is 0 Å². The maximum absolute atomic E-state index is 13.0. The lowest BCUT2D eigenvalue weighted by Crippen LogP contribution is -2.51. The molecule has 1 saturated heterocycles. The third-order valence-corrected chi connectivity index (χ3v) is 7.12. The van der Waals surface area contributed by atoms with Crippen LogP contribution >= 0.6 is 15.9 Å². The highest BCUT2D eigenvalue weighted by molar-refractivity contribution is 9.10. The summed E-state index contributed by atoms with van der Waals surface area (Å²) in [5.41, 5.74) is 3.06. The minimum absolute atomic E-state index is 0.0310. The van der Waals surface area contributed by atoms with E-state index in [1.165, 1.54) is 0 Å². The normalized spacial score (nSPS) is 20.2. The zero-order chi connectivity index (χ0) is 20.7. The minimum Gasteiger partial charge on any atom is -0.370 e. The van der Waals surface area contributed by atoms with Crippen molar-refractivity contribution in [2.45, 2.75) is 37.1 Å². The molecular formula is C23H25BrN4O2. The summed E-state index contributed by atoms with van der Waals surface area (Å²) in [6, 6.07) is 10.0. The van der Waals surface area contributed by atoms with Gasteiger partial charge in [-0.3, -0.25) is 14.6 Å². The lowest BCUT2D eigenvalue weighted by atomic mass is 9.86. The number of rotatable bonds is 4. The van der Waals surface area contributed by atoms with E-state index in [4.69, 9.17) is 0 Å². The Morgan fingerprint density at radius 3 is 2.73 bits per heavy atom. The van der Waals surface area contributed by atoms with Crippen molar-refractivity contribution < 1.29 is 9.59 Å². The molecule has 0 radical (unpaired) electrons. The maximum Gasteiger partial charge on any atom is 0.254 e. The fourth-order valence-electron chi connectivity index (χ4n) is 4.81. The van der Waals surface area contributed by atoms with Crippen molar-refractivity contribution in [2.75, 3.05) is 31.1 Å². The smallest absolute Gasteiger partial charge is 0.254 e. The van der Waals surface area contributed by atoms with E-state index in [-0.39, 0.29) is 29.8 Å². The number of pyridine rings is 1. The number of carbonyl (C=O) groups is 2. The molecule has 1 aromatic heterocycles. The molecular weight excluding hydrogens is 444 g/mol. The number of nitrogens with zero attached hydrogens (tertiary/aromatic N) is 3. The highest BCUT2D eigenvalue weighted by Crippen LogP contribution is 2.52. The Hall–Kier alpha value is -2.41. The van der Waals surface area contributed by atoms with Gasteiger partial charge in [0, 0.05) is 47.3 Å². The average Bonchev–Trinajstić information content (AvgIpc) is 3.53. The summed E-state index contributed by atoms with van der Waals surface area (Å²) in [7, 11) is 0. The number of halogens is 1. The van der Waals surface area contributed by atoms with Crippen molar-refractivity contribution in [1.82, 2.24) is 15.2 Å². The monoisotopic (exact) mass is 468 g/mol. The summed E-state index contributed by atoms with van der Waals surface area (Å²) >= 11 is 3.52. The molecule has 1 aliphatic carbocycles. The quantitative estimate of drug-likeness (QED) is 0.748. The van der Waals surface area contributed by atoms with E-state index in [1.54, 1.807) is 11.1 Å². The molecule has 2 aromatic rings. The molecule has 156 valence electrons. The number of benzene rings is 1. The van der Waals surface area contributed by atoms with Gasteiger partial charge in [0.1, 0.15) is 0 Å². The molecule has 2 fully saturated rings. The van der Waals surface area contributed by atoms with Gasteiger partial charge >= 0.3 is 0 Å². The first-order valence-electron chi connectivity index (χ1n) is 10.6. The second-order valence-electron chi connectivity index (χ2n) is 8.67. The number of aromatic nitrogens is 1. The van der Waals surface area contributed by atoms with E-state index < -0.39 is 0 Å². The van der Waals surface area contributed by atoms with Gasteiger partial charge in [0.2, 0.25) is 5.91 Å². The molecule has 6 nitrogen and oxygen atoms in total. The third kappa shape index (κ3) is 3.71. The SMILES string of the molecule is O=C(CN1CC2(CC2)c2cc(Br)ccc2C1=O)NC1CCN(c2cccnc2)CC1. The van der Waals surface area contributed by atoms with Crippen molar-refractivity contribution in [3.63, 3.8) is 0 Å². The fourth-order valence-corrected chi connectivity index (χ4v) is 5.17. The predicted octanol–water partition coefficient (Wildman–Crippen LogP) is 3.12. The number of carbonyl (C=O) groups excluding carboxylic acids is 2. The molecule has 0 unspecified atom stereocenters. The first-order chi connectivity index (χ1) is 14.5. The van der Waals surface area contributed by atoms with Crippen LogP contribution in [-0.2, 0) is 10.2 Å². The summed E-state index contributed by atoms with van der Waals surface area (Å²) in [6.45, 7) is 2.57. The molecule has 3 heterocycles. The Bertz CT molecular complexity index is 968. The highest BCUT2D eigenvalue weighted by Gasteiger charge is 2.51. The highest BCUT2D eigenvalue weighted by atomic mass is 79.9. The first kappa shape index (κ1) is 19.5. The van der Waals surface area contributed by atoms with Crippen LogP contribution in [0.25, 0.3) is 0 Å². The molecule has 5 rings (SSSR count). The van der Waals surface area contributed by atoms with Crippen LogP contribution in [0.4, 0.5) is 5.69 Å². The van der Waals surface area contributed by atoms with Crippen molar-refractivity contribution >= 4 is 33.4 Å². The van der Waals surface area contributed by atoms with Crippen molar-refractivity contribution in [3.8, 4) is 0 Å². The van der Waals surface area contributed by atoms with E-state index in [2.05, 4.69) is 43.3 Å². The van der Waals surface area contributed by atoms with Gasteiger partial charge in [-0.15, -0.1) is 0 Å². The molecule has 1 spiro atoms. The van der Waals surface area contributed by atoms with Crippen LogP contribution < -0.4 is 10.2 Å². The van der Waals surface area contributed by atoms with Crippen LogP contribution in [0.2, 0.25) is 0 Å². The van der Waals surface area contributed by atoms with Gasteiger partial charge in [0.15, 0.2) is 0 Å². The molecule has 0 bridgehead atoms. The zero-order valence-electron chi connectivity index (χ0n) is 16.8. The first-order valence-corrected chi connectivity index (χ1v) is 11.4. The number of hydrogen-bond donors (Lipinski definition) is 1. The van der Waals surface area contributed by atoms with Crippen LogP contribution in [0.1, 0.15) is 41.6 Å². The predicted molar refractivity (Wildman–Crippen MR) is 119 cm³/mol. The summed E-state index contributed by atoms with van der Waals surface area (Å²) in [4.78, 5) is 34.0. The largest absolute Gasteiger partial charge is 0.370 e. The lowest BCUT2D eigenvalue weighted by molar-refractivity contribution is -0.122. The molecule has 2 amide bonds. The second-order valence-corrected chi connectivity index (χ2v) is 9.59. The Morgan fingerprint density at radius 1 is 1.23 bits per heavy atom. The lowest BCUT2D eigenvalue weighted by Gasteiger charge is -2.36. The molecule has 2 aliphatic heterocycles. The van der Waals surface area contributed by atoms with E-state index in [9.17, 15) is 9.59 Å². The Balaban J connectivity index is 1.19. The summed E-state index contributed by atoms with van der Waals surface area (Å²) < 4.78 is 1.00. The van der Waals surface area contributed by atoms with Gasteiger partial charge in [-0.1, -0.05) is 15.9 Å². The van der Waals surface area contributed by atoms with Crippen LogP contribution in [0.15, 0.2) is 47.2 Å². The van der Waals surface area contributed by atoms with Gasteiger partial charge in [-0.2, -0.15) is 0 Å². The van der Waals surface area contributed by atoms with Gasteiger partial charge in [0.25, 0.3) is 5.91 Å². The molecule has 1 saturated carbocycles. The number of amides is 2. The van der Waals surface area contributed by atoms with Gasteiger partial charge in [-0.05, 0) is 61.6 Å². The van der Waals surface area contributed by atoms with Gasteiger partial charge in [-0.25, -0.2) is 0 Å². The number of hydrogen-bond acceptors (Lipinski definition) is 4. The summed E-state index contributed by atoms with van der Waals surface area (Å²) in [5.74, 6) is -0.0869. The molecule has 7 heteroatoms. The minimum atomic E-state index is -0.0560. The third-order valence-electron chi connectivity index (χ3n) is 6.62. The summed E-state index contributed by atoms with van der Waals surface area (Å²) in [6.07, 6.45) is 7.61. The number of fused-ring (bicyclic) bond motifs is 2. The topological polar surface area (TPSA) is 65.5 Å². The molecule has 1 aromatic carbocycles. The van der Waals surface area contributed by atoms with E-state index in [0.29, 0.717) is 6.54 Å². The Labute approximate surface area is 184 Å². The average molecular weight is 469 g/mol. The Morgan fingerprint density at radius 2 is 2.03 bits per heavy atom. The molecule has 1 N–H and O–H groups in total. The Kier molecular flexibility index (Phi) is 5.01. The van der Waals surface area contributed by atoms with Gasteiger partial charge < -0.3 is 15.1 Å². The van der Waals surface area contributed by atoms with Gasteiger partial charge in [0.05, 0.1) is 18.4 Å². The molecule has 0 atom stereocenters. The molecule has 30 heavy (non-hydrogen) atoms. The van der Waals surface area contributed by atoms with Crippen LogP contribution in [0.3, 0.4) is 0 Å². The van der Waals surface area contributed by atoms with Crippen molar-refractivity contribution in [1.29, 1.82) is 0 Å². The number of anilines is 1. The van der Waals surface area contributed by atoms with E-state index in [0.717, 1.165) is 60.1 Å². The van der Waals surface area contributed by atoms with E-state index in [1.807, 2.05) is 24.4 Å². The second kappa shape index (κ2) is 7.69. The van der Waals surface area contributed by atoms with Crippen LogP contribution in [0, 0.1) is 0 Å². The van der Waals surface area contributed by atoms with Crippen molar-refractivity contribution in [3.05, 3.63) is 58.3 Å². The fraction of sp³-hybridized carbons (Fsp3) is 0.435. The standard InChI is InChI=1S/C23H25BrN4O2/c24-16-3-4-19-20(12-16)23(7-8-23)15-28(22(19)30)14-21(29)26-17-5-10-27(11-6-17)18-2-1-9-25-13-18/h1-4,9,12-13,17H,5-8,10-11,14-15H2,(H,26,29). The maximum atomic E-state index is 13.0. The van der Waals surface area contributed by atoms with Crippen molar-refractivity contribution in [2.24, 2.45) is 0 Å². The summed E-state index contributed by atoms with van der Waals surface area (Å²) in [5, 5.41) is 3.16. The molecule has 3 aliphatic rings.